The standard InChI is InChI=1S/C21H20N2O4/c1-14-10-11-16(23(25)26)12-19(14)21(24)22-20(13-27-2)18-9-5-7-15-6-3-4-8-17(15)18/h3-12,20H,13H2,1-2H3,(H,22,24). The van der Waals surface area contributed by atoms with Crippen LogP contribution in [0.25, 0.3) is 10.8 Å². The second-order valence-corrected chi connectivity index (χ2v) is 6.31. The smallest absolute Gasteiger partial charge is 0.270 e. The molecule has 0 aliphatic carbocycles. The number of carbonyl (C=O) groups excluding carboxylic acids is 1. The second-order valence-electron chi connectivity index (χ2n) is 6.31. The molecule has 0 aliphatic heterocycles. The number of amides is 1. The van der Waals surface area contributed by atoms with E-state index >= 15 is 0 Å². The van der Waals surface area contributed by atoms with Gasteiger partial charge >= 0.3 is 0 Å². The van der Waals surface area contributed by atoms with E-state index in [9.17, 15) is 14.9 Å². The highest BCUT2D eigenvalue weighted by atomic mass is 16.6. The quantitative estimate of drug-likeness (QED) is 0.526. The van der Waals surface area contributed by atoms with Gasteiger partial charge in [0.1, 0.15) is 0 Å². The summed E-state index contributed by atoms with van der Waals surface area (Å²) in [7, 11) is 1.57. The predicted octanol–water partition coefficient (Wildman–Crippen LogP) is 4.17. The average molecular weight is 364 g/mol. The molecule has 1 unspecified atom stereocenters. The van der Waals surface area contributed by atoms with Gasteiger partial charge in [0.25, 0.3) is 11.6 Å². The highest BCUT2D eigenvalue weighted by Crippen LogP contribution is 2.25. The number of hydrogen-bond acceptors (Lipinski definition) is 4. The van der Waals surface area contributed by atoms with Crippen molar-refractivity contribution in [1.82, 2.24) is 5.32 Å². The number of rotatable bonds is 6. The molecule has 1 N–H and O–H groups in total. The number of aryl methyl sites for hydroxylation is 1. The minimum absolute atomic E-state index is 0.112. The van der Waals surface area contributed by atoms with E-state index in [0.717, 1.165) is 16.3 Å². The van der Waals surface area contributed by atoms with Gasteiger partial charge in [-0.1, -0.05) is 48.5 Å². The molecular formula is C21H20N2O4. The van der Waals surface area contributed by atoms with Crippen LogP contribution < -0.4 is 5.32 Å². The summed E-state index contributed by atoms with van der Waals surface area (Å²) in [6, 6.07) is 17.7. The highest BCUT2D eigenvalue weighted by Gasteiger charge is 2.20. The number of nitro benzene ring substituents is 1. The number of nitro groups is 1. The summed E-state index contributed by atoms with van der Waals surface area (Å²) in [5.41, 5.74) is 1.78. The van der Waals surface area contributed by atoms with Gasteiger partial charge in [-0.2, -0.15) is 0 Å². The number of ether oxygens (including phenoxy) is 1. The first-order valence-corrected chi connectivity index (χ1v) is 8.53. The Hall–Kier alpha value is -3.25. The van der Waals surface area contributed by atoms with E-state index in [1.165, 1.54) is 12.1 Å². The van der Waals surface area contributed by atoms with Gasteiger partial charge in [0, 0.05) is 24.8 Å². The third-order valence-corrected chi connectivity index (χ3v) is 4.51. The van der Waals surface area contributed by atoms with Crippen LogP contribution in [0.15, 0.2) is 60.7 Å². The number of methoxy groups -OCH3 is 1. The van der Waals surface area contributed by atoms with Crippen LogP contribution in [0.5, 0.6) is 0 Å². The fourth-order valence-electron chi connectivity index (χ4n) is 3.13. The van der Waals surface area contributed by atoms with Crippen molar-refractivity contribution in [3.63, 3.8) is 0 Å². The summed E-state index contributed by atoms with van der Waals surface area (Å²) in [5.74, 6) is -0.369. The molecule has 138 valence electrons. The molecule has 3 aromatic carbocycles. The van der Waals surface area contributed by atoms with Gasteiger partial charge < -0.3 is 10.1 Å². The van der Waals surface area contributed by atoms with E-state index in [1.54, 1.807) is 20.1 Å². The van der Waals surface area contributed by atoms with Gasteiger partial charge in [0.05, 0.1) is 17.6 Å². The monoisotopic (exact) mass is 364 g/mol. The summed E-state index contributed by atoms with van der Waals surface area (Å²) in [5, 5.41) is 16.1. The van der Waals surface area contributed by atoms with Crippen molar-refractivity contribution in [2.75, 3.05) is 13.7 Å². The molecule has 0 bridgehead atoms. The number of nitrogens with one attached hydrogen (secondary N) is 1. The lowest BCUT2D eigenvalue weighted by atomic mass is 9.98. The minimum Gasteiger partial charge on any atom is -0.382 e. The number of nitrogens with zero attached hydrogens (tertiary/aromatic N) is 1. The van der Waals surface area contributed by atoms with Crippen LogP contribution in [0.2, 0.25) is 0 Å². The molecule has 1 atom stereocenters. The Morgan fingerprint density at radius 3 is 2.63 bits per heavy atom. The van der Waals surface area contributed by atoms with Crippen LogP contribution in [-0.2, 0) is 4.74 Å². The fourth-order valence-corrected chi connectivity index (χ4v) is 3.13. The molecule has 0 aromatic heterocycles. The Kier molecular flexibility index (Phi) is 5.47. The van der Waals surface area contributed by atoms with Gasteiger partial charge in [-0.15, -0.1) is 0 Å². The molecule has 6 heteroatoms. The summed E-state index contributed by atoms with van der Waals surface area (Å²) in [4.78, 5) is 23.4. The van der Waals surface area contributed by atoms with Crippen molar-refractivity contribution in [1.29, 1.82) is 0 Å². The molecule has 3 rings (SSSR count). The van der Waals surface area contributed by atoms with Crippen LogP contribution in [0.4, 0.5) is 5.69 Å². The summed E-state index contributed by atoms with van der Waals surface area (Å²) in [6.45, 7) is 2.04. The minimum atomic E-state index is -0.506. The molecule has 1 amide bonds. The highest BCUT2D eigenvalue weighted by molar-refractivity contribution is 5.97. The van der Waals surface area contributed by atoms with Crippen molar-refractivity contribution >= 4 is 22.4 Å². The summed E-state index contributed by atoms with van der Waals surface area (Å²) in [6.07, 6.45) is 0. The fraction of sp³-hybridized carbons (Fsp3) is 0.190. The zero-order valence-electron chi connectivity index (χ0n) is 15.1. The van der Waals surface area contributed by atoms with Gasteiger partial charge in [-0.25, -0.2) is 0 Å². The topological polar surface area (TPSA) is 81.5 Å². The van der Waals surface area contributed by atoms with E-state index in [0.29, 0.717) is 5.56 Å². The van der Waals surface area contributed by atoms with Crippen molar-refractivity contribution in [3.05, 3.63) is 87.5 Å². The molecule has 0 saturated heterocycles. The van der Waals surface area contributed by atoms with Gasteiger partial charge in [-0.3, -0.25) is 14.9 Å². The lowest BCUT2D eigenvalue weighted by Crippen LogP contribution is -2.32. The molecule has 0 radical (unpaired) electrons. The van der Waals surface area contributed by atoms with Gasteiger partial charge in [-0.05, 0) is 28.8 Å². The maximum absolute atomic E-state index is 12.8. The van der Waals surface area contributed by atoms with Crippen LogP contribution in [0, 0.1) is 17.0 Å². The summed E-state index contributed by atoms with van der Waals surface area (Å²) >= 11 is 0. The van der Waals surface area contributed by atoms with E-state index in [2.05, 4.69) is 5.32 Å². The Labute approximate surface area is 156 Å². The first-order chi connectivity index (χ1) is 13.0. The third-order valence-electron chi connectivity index (χ3n) is 4.51. The lowest BCUT2D eigenvalue weighted by molar-refractivity contribution is -0.384. The van der Waals surface area contributed by atoms with Crippen molar-refractivity contribution in [3.8, 4) is 0 Å². The molecule has 0 aliphatic rings. The van der Waals surface area contributed by atoms with Crippen LogP contribution in [0.1, 0.15) is 27.5 Å². The molecule has 0 saturated carbocycles. The largest absolute Gasteiger partial charge is 0.382 e. The number of carbonyl (C=O) groups is 1. The van der Waals surface area contributed by atoms with E-state index in [-0.39, 0.29) is 29.8 Å². The van der Waals surface area contributed by atoms with Crippen molar-refractivity contribution in [2.45, 2.75) is 13.0 Å². The maximum Gasteiger partial charge on any atom is 0.270 e. The molecular weight excluding hydrogens is 344 g/mol. The van der Waals surface area contributed by atoms with Crippen LogP contribution in [-0.4, -0.2) is 24.5 Å². The number of hydrogen-bond donors (Lipinski definition) is 1. The zero-order chi connectivity index (χ0) is 19.4. The van der Waals surface area contributed by atoms with E-state index in [1.807, 2.05) is 42.5 Å². The predicted molar refractivity (Wildman–Crippen MR) is 104 cm³/mol. The Morgan fingerprint density at radius 1 is 1.15 bits per heavy atom. The first-order valence-electron chi connectivity index (χ1n) is 8.53. The maximum atomic E-state index is 12.8. The van der Waals surface area contributed by atoms with Crippen molar-refractivity contribution in [2.24, 2.45) is 0 Å². The molecule has 27 heavy (non-hydrogen) atoms. The Balaban J connectivity index is 1.96. The molecule has 3 aromatic rings. The van der Waals surface area contributed by atoms with E-state index < -0.39 is 4.92 Å². The number of benzene rings is 3. The molecule has 0 fully saturated rings. The van der Waals surface area contributed by atoms with Gasteiger partial charge in [0.2, 0.25) is 0 Å². The van der Waals surface area contributed by atoms with Gasteiger partial charge in [0.15, 0.2) is 0 Å². The van der Waals surface area contributed by atoms with Crippen LogP contribution >= 0.6 is 0 Å². The molecule has 0 spiro atoms. The second kappa shape index (κ2) is 7.97. The average Bonchev–Trinajstić information content (AvgIpc) is 2.67. The van der Waals surface area contributed by atoms with Crippen molar-refractivity contribution < 1.29 is 14.5 Å². The third kappa shape index (κ3) is 3.96. The Morgan fingerprint density at radius 2 is 1.89 bits per heavy atom. The number of non-ortho nitro benzene ring substituents is 1. The normalized spacial score (nSPS) is 11.9. The summed E-state index contributed by atoms with van der Waals surface area (Å²) < 4.78 is 5.31. The van der Waals surface area contributed by atoms with E-state index in [4.69, 9.17) is 4.74 Å². The molecule has 6 nitrogen and oxygen atoms in total. The van der Waals surface area contributed by atoms with Crippen LogP contribution in [0.3, 0.4) is 0 Å². The molecule has 0 heterocycles. The zero-order valence-corrected chi connectivity index (χ0v) is 15.1. The lowest BCUT2D eigenvalue weighted by Gasteiger charge is -2.21. The SMILES string of the molecule is COCC(NC(=O)c1cc([N+](=O)[O-])ccc1C)c1cccc2ccccc12. The first kappa shape index (κ1) is 18.5. The number of fused-ring (bicyclic) bond motifs is 1. The Bertz CT molecular complexity index is 995.